The maximum atomic E-state index is 11.6. The third-order valence-electron chi connectivity index (χ3n) is 2.65. The second kappa shape index (κ2) is 7.71. The van der Waals surface area contributed by atoms with E-state index in [1.165, 1.54) is 44.6 Å². The highest BCUT2D eigenvalue weighted by molar-refractivity contribution is 8.13. The Bertz CT molecular complexity index is 267. The van der Waals surface area contributed by atoms with E-state index in [0.29, 0.717) is 0 Å². The maximum Gasteiger partial charge on any atom is 0.338 e. The predicted octanol–water partition coefficient (Wildman–Crippen LogP) is 2.16. The van der Waals surface area contributed by atoms with Gasteiger partial charge in [-0.1, -0.05) is 44.4 Å². The van der Waals surface area contributed by atoms with E-state index < -0.39 is 18.2 Å². The molecule has 1 fully saturated rings. The van der Waals surface area contributed by atoms with Crippen molar-refractivity contribution in [3.8, 4) is 0 Å². The van der Waals surface area contributed by atoms with Crippen molar-refractivity contribution in [1.29, 1.82) is 0 Å². The zero-order chi connectivity index (χ0) is 12.7. The summed E-state index contributed by atoms with van der Waals surface area (Å²) in [5.41, 5.74) is 0. The lowest BCUT2D eigenvalue weighted by Crippen LogP contribution is -2.15. The van der Waals surface area contributed by atoms with Crippen molar-refractivity contribution in [2.75, 3.05) is 12.9 Å². The fraction of sp³-hybridized carbons (Fsp3) is 0.833. The number of methoxy groups -OCH3 is 1. The van der Waals surface area contributed by atoms with E-state index in [2.05, 4.69) is 11.7 Å². The Labute approximate surface area is 106 Å². The van der Waals surface area contributed by atoms with Gasteiger partial charge in [0, 0.05) is 5.75 Å². The summed E-state index contributed by atoms with van der Waals surface area (Å²) in [5, 5.41) is -0.0455. The van der Waals surface area contributed by atoms with Crippen LogP contribution in [0.5, 0.6) is 0 Å². The maximum absolute atomic E-state index is 11.6. The monoisotopic (exact) mass is 260 g/mol. The van der Waals surface area contributed by atoms with Gasteiger partial charge >= 0.3 is 5.97 Å². The topological polar surface area (TPSA) is 55.9 Å². The van der Waals surface area contributed by atoms with Crippen LogP contribution in [0.3, 0.4) is 0 Å². The van der Waals surface area contributed by atoms with Crippen molar-refractivity contribution >= 4 is 22.8 Å². The van der Waals surface area contributed by atoms with E-state index in [1.54, 1.807) is 0 Å². The van der Waals surface area contributed by atoms with Gasteiger partial charge in [0.2, 0.25) is 5.12 Å². The van der Waals surface area contributed by atoms with Crippen molar-refractivity contribution in [2.45, 2.75) is 51.2 Å². The first-order chi connectivity index (χ1) is 8.20. The van der Waals surface area contributed by atoms with Crippen LogP contribution in [0.4, 0.5) is 0 Å². The summed E-state index contributed by atoms with van der Waals surface area (Å²) in [6, 6.07) is 0. The first-order valence-electron chi connectivity index (χ1n) is 6.10. The van der Waals surface area contributed by atoms with E-state index in [1.807, 2.05) is 0 Å². The minimum Gasteiger partial charge on any atom is -0.467 e. The lowest BCUT2D eigenvalue weighted by molar-refractivity contribution is -0.142. The Kier molecular flexibility index (Phi) is 6.58. The molecule has 0 unspecified atom stereocenters. The SMILES string of the molecule is CCCCCCCSC(=O)[C@@H]1O[C@@H]1C(=O)OC. The number of esters is 1. The number of carbonyl (C=O) groups is 2. The third-order valence-corrected chi connectivity index (χ3v) is 3.66. The molecule has 0 aromatic rings. The molecular weight excluding hydrogens is 240 g/mol. The molecule has 1 aliphatic heterocycles. The second-order valence-electron chi connectivity index (χ2n) is 4.08. The zero-order valence-corrected chi connectivity index (χ0v) is 11.3. The van der Waals surface area contributed by atoms with Gasteiger partial charge in [-0.3, -0.25) is 4.79 Å². The molecule has 0 aromatic carbocycles. The summed E-state index contributed by atoms with van der Waals surface area (Å²) in [6.07, 6.45) is 4.71. The lowest BCUT2D eigenvalue weighted by atomic mass is 10.2. The van der Waals surface area contributed by atoms with E-state index in [4.69, 9.17) is 4.74 Å². The Hall–Kier alpha value is -0.550. The molecular formula is C12H20O4S. The van der Waals surface area contributed by atoms with Crippen molar-refractivity contribution in [1.82, 2.24) is 0 Å². The average molecular weight is 260 g/mol. The molecule has 0 amide bonds. The summed E-state index contributed by atoms with van der Waals surface area (Å²) in [5.74, 6) is 0.364. The van der Waals surface area contributed by atoms with E-state index in [9.17, 15) is 9.59 Å². The van der Waals surface area contributed by atoms with Gasteiger partial charge in [0.05, 0.1) is 7.11 Å². The Morgan fingerprint density at radius 2 is 1.88 bits per heavy atom. The van der Waals surface area contributed by atoms with Crippen molar-refractivity contribution in [2.24, 2.45) is 0 Å². The number of unbranched alkanes of at least 4 members (excludes halogenated alkanes) is 4. The molecule has 1 rings (SSSR count). The zero-order valence-electron chi connectivity index (χ0n) is 10.4. The highest BCUT2D eigenvalue weighted by Crippen LogP contribution is 2.28. The standard InChI is InChI=1S/C12H20O4S/c1-3-4-5-6-7-8-17-12(14)10-9(16-10)11(13)15-2/h9-10H,3-8H2,1-2H3/t9-,10+/m0/s1. The molecule has 4 nitrogen and oxygen atoms in total. The summed E-state index contributed by atoms with van der Waals surface area (Å²) in [4.78, 5) is 22.6. The summed E-state index contributed by atoms with van der Waals surface area (Å²) < 4.78 is 9.48. The van der Waals surface area contributed by atoms with Gasteiger partial charge in [0.25, 0.3) is 0 Å². The van der Waals surface area contributed by atoms with Crippen molar-refractivity contribution in [3.63, 3.8) is 0 Å². The van der Waals surface area contributed by atoms with Crippen molar-refractivity contribution in [3.05, 3.63) is 0 Å². The van der Waals surface area contributed by atoms with Crippen LogP contribution in [-0.2, 0) is 19.1 Å². The summed E-state index contributed by atoms with van der Waals surface area (Å²) in [6.45, 7) is 2.18. The summed E-state index contributed by atoms with van der Waals surface area (Å²) >= 11 is 1.27. The van der Waals surface area contributed by atoms with Crippen LogP contribution < -0.4 is 0 Å². The Morgan fingerprint density at radius 1 is 1.18 bits per heavy atom. The number of rotatable bonds is 8. The largest absolute Gasteiger partial charge is 0.467 e. The number of ether oxygens (including phenoxy) is 2. The van der Waals surface area contributed by atoms with Crippen LogP contribution >= 0.6 is 11.8 Å². The Morgan fingerprint density at radius 3 is 2.53 bits per heavy atom. The second-order valence-corrected chi connectivity index (χ2v) is 5.18. The number of carbonyl (C=O) groups excluding carboxylic acids is 2. The lowest BCUT2D eigenvalue weighted by Gasteiger charge is -1.99. The average Bonchev–Trinajstić information content (AvgIpc) is 3.12. The smallest absolute Gasteiger partial charge is 0.338 e. The van der Waals surface area contributed by atoms with E-state index >= 15 is 0 Å². The van der Waals surface area contributed by atoms with Crippen LogP contribution in [0.2, 0.25) is 0 Å². The molecule has 0 bridgehead atoms. The quantitative estimate of drug-likeness (QED) is 0.380. The van der Waals surface area contributed by atoms with Gasteiger partial charge in [-0.05, 0) is 6.42 Å². The van der Waals surface area contributed by atoms with Crippen LogP contribution in [0, 0.1) is 0 Å². The molecule has 0 spiro atoms. The van der Waals surface area contributed by atoms with E-state index in [-0.39, 0.29) is 5.12 Å². The first kappa shape index (κ1) is 14.5. The molecule has 1 aliphatic rings. The normalized spacial score (nSPS) is 22.2. The number of epoxide rings is 1. The van der Waals surface area contributed by atoms with Gasteiger partial charge in [0.15, 0.2) is 12.2 Å². The third kappa shape index (κ3) is 5.08. The fourth-order valence-corrected chi connectivity index (χ4v) is 2.44. The number of thioether (sulfide) groups is 1. The molecule has 1 saturated heterocycles. The molecule has 0 aromatic heterocycles. The Balaban J connectivity index is 2.01. The van der Waals surface area contributed by atoms with Crippen LogP contribution in [0.15, 0.2) is 0 Å². The number of hydrogen-bond donors (Lipinski definition) is 0. The van der Waals surface area contributed by atoms with Crippen LogP contribution in [0.1, 0.15) is 39.0 Å². The van der Waals surface area contributed by atoms with Crippen molar-refractivity contribution < 1.29 is 19.1 Å². The number of hydrogen-bond acceptors (Lipinski definition) is 5. The molecule has 17 heavy (non-hydrogen) atoms. The van der Waals surface area contributed by atoms with Crippen LogP contribution in [0.25, 0.3) is 0 Å². The molecule has 0 radical (unpaired) electrons. The molecule has 0 aliphatic carbocycles. The van der Waals surface area contributed by atoms with Gasteiger partial charge in [0.1, 0.15) is 0 Å². The summed E-state index contributed by atoms with van der Waals surface area (Å²) in [7, 11) is 1.30. The fourth-order valence-electron chi connectivity index (χ4n) is 1.55. The predicted molar refractivity (Wildman–Crippen MR) is 66.9 cm³/mol. The van der Waals surface area contributed by atoms with Crippen LogP contribution in [-0.4, -0.2) is 36.2 Å². The first-order valence-corrected chi connectivity index (χ1v) is 7.09. The minimum atomic E-state index is -0.653. The van der Waals surface area contributed by atoms with E-state index in [0.717, 1.165) is 12.2 Å². The minimum absolute atomic E-state index is 0.0455. The molecule has 1 heterocycles. The molecule has 5 heteroatoms. The van der Waals surface area contributed by atoms with Gasteiger partial charge in [-0.2, -0.15) is 0 Å². The molecule has 0 N–H and O–H groups in total. The highest BCUT2D eigenvalue weighted by atomic mass is 32.2. The molecule has 0 saturated carbocycles. The van der Waals surface area contributed by atoms with Gasteiger partial charge in [-0.25, -0.2) is 4.79 Å². The van der Waals surface area contributed by atoms with Gasteiger partial charge < -0.3 is 9.47 Å². The highest BCUT2D eigenvalue weighted by Gasteiger charge is 2.51. The molecule has 2 atom stereocenters. The molecule has 98 valence electrons. The van der Waals surface area contributed by atoms with Gasteiger partial charge in [-0.15, -0.1) is 0 Å².